The summed E-state index contributed by atoms with van der Waals surface area (Å²) in [6.45, 7) is 6.46. The average molecular weight is 134 g/mol. The maximum Gasteiger partial charge on any atom is 0.0924 e. The molecule has 0 heterocycles. The third-order valence-corrected chi connectivity index (χ3v) is 1.69. The van der Waals surface area contributed by atoms with E-state index in [-0.39, 0.29) is 11.9 Å². The second-order valence-corrected chi connectivity index (χ2v) is 5.76. The van der Waals surface area contributed by atoms with Crippen molar-refractivity contribution in [1.82, 2.24) is 0 Å². The van der Waals surface area contributed by atoms with Gasteiger partial charge in [-0.2, -0.15) is 0 Å². The predicted molar refractivity (Wildman–Crippen MR) is 36.1 cm³/mol. The molecule has 8 heavy (non-hydrogen) atoms. The zero-order valence-corrected chi connectivity index (χ0v) is 6.11. The highest BCUT2D eigenvalue weighted by Gasteiger charge is 2.06. The minimum Gasteiger partial charge on any atom is -0.512 e. The Morgan fingerprint density at radius 3 is 2.12 bits per heavy atom. The summed E-state index contributed by atoms with van der Waals surface area (Å²) in [7, 11) is -2.07. The molecule has 48 valence electrons. The van der Waals surface area contributed by atoms with Crippen LogP contribution in [0.25, 0.3) is 0 Å². The summed E-state index contributed by atoms with van der Waals surface area (Å²) in [6.07, 6.45) is 0.243. The average Bonchev–Trinajstić information content (AvgIpc) is 1.21. The SMILES string of the molecule is C=C(O)CP(C)(C)=O. The van der Waals surface area contributed by atoms with Crippen molar-refractivity contribution in [1.29, 1.82) is 0 Å². The van der Waals surface area contributed by atoms with E-state index in [1.807, 2.05) is 0 Å². The fourth-order valence-electron chi connectivity index (χ4n) is 0.440. The monoisotopic (exact) mass is 134 g/mol. The van der Waals surface area contributed by atoms with E-state index in [1.165, 1.54) is 0 Å². The van der Waals surface area contributed by atoms with E-state index in [4.69, 9.17) is 5.11 Å². The summed E-state index contributed by atoms with van der Waals surface area (Å²) in [5.74, 6) is 0.0123. The fraction of sp³-hybridized carbons (Fsp3) is 0.600. The molecule has 0 rings (SSSR count). The molecule has 0 saturated heterocycles. The van der Waals surface area contributed by atoms with E-state index in [2.05, 4.69) is 6.58 Å². The third-order valence-electron chi connectivity index (χ3n) is 0.563. The third kappa shape index (κ3) is 5.77. The molecule has 0 aliphatic heterocycles. The lowest BCUT2D eigenvalue weighted by atomic mass is 10.7. The number of allylic oxidation sites excluding steroid dienone is 1. The zero-order chi connectivity index (χ0) is 6.78. The summed E-state index contributed by atoms with van der Waals surface area (Å²) < 4.78 is 10.8. The first-order chi connectivity index (χ1) is 3.42. The van der Waals surface area contributed by atoms with Gasteiger partial charge in [-0.15, -0.1) is 0 Å². The predicted octanol–water partition coefficient (Wildman–Crippen LogP) is 1.68. The molecule has 0 aromatic heterocycles. The van der Waals surface area contributed by atoms with E-state index in [0.29, 0.717) is 0 Å². The Morgan fingerprint density at radius 1 is 1.75 bits per heavy atom. The molecule has 0 saturated carbocycles. The van der Waals surface area contributed by atoms with E-state index in [9.17, 15) is 4.57 Å². The Labute approximate surface area is 49.6 Å². The molecule has 0 amide bonds. The van der Waals surface area contributed by atoms with Crippen molar-refractivity contribution in [3.8, 4) is 0 Å². The first-order valence-electron chi connectivity index (χ1n) is 2.32. The molecule has 3 heteroatoms. The van der Waals surface area contributed by atoms with Crippen molar-refractivity contribution in [2.24, 2.45) is 0 Å². The van der Waals surface area contributed by atoms with Crippen LogP contribution in [0.1, 0.15) is 0 Å². The molecule has 0 spiro atoms. The topological polar surface area (TPSA) is 37.3 Å². The van der Waals surface area contributed by atoms with Crippen LogP contribution in [0.2, 0.25) is 0 Å². The van der Waals surface area contributed by atoms with Gasteiger partial charge in [-0.25, -0.2) is 0 Å². The van der Waals surface area contributed by atoms with Crippen LogP contribution in [0.4, 0.5) is 0 Å². The summed E-state index contributed by atoms with van der Waals surface area (Å²) in [6, 6.07) is 0. The van der Waals surface area contributed by atoms with Crippen LogP contribution in [0.3, 0.4) is 0 Å². The molecule has 0 aromatic rings. The second-order valence-electron chi connectivity index (χ2n) is 2.30. The van der Waals surface area contributed by atoms with Crippen molar-refractivity contribution in [3.63, 3.8) is 0 Å². The first kappa shape index (κ1) is 7.77. The van der Waals surface area contributed by atoms with Gasteiger partial charge >= 0.3 is 0 Å². The Balaban J connectivity index is 3.74. The zero-order valence-electron chi connectivity index (χ0n) is 5.22. The Morgan fingerprint density at radius 2 is 2.12 bits per heavy atom. The molecule has 0 unspecified atom stereocenters. The molecule has 0 bridgehead atoms. The van der Waals surface area contributed by atoms with Gasteiger partial charge in [0.1, 0.15) is 0 Å². The van der Waals surface area contributed by atoms with Crippen molar-refractivity contribution >= 4 is 7.14 Å². The quantitative estimate of drug-likeness (QED) is 0.460. The summed E-state index contributed by atoms with van der Waals surface area (Å²) in [5.41, 5.74) is 0. The number of aliphatic hydroxyl groups excluding tert-OH is 1. The van der Waals surface area contributed by atoms with E-state index >= 15 is 0 Å². The number of hydrogen-bond donors (Lipinski definition) is 1. The molecule has 2 nitrogen and oxygen atoms in total. The number of rotatable bonds is 2. The molecule has 0 aliphatic rings. The second kappa shape index (κ2) is 2.36. The van der Waals surface area contributed by atoms with Gasteiger partial charge in [0, 0.05) is 0 Å². The lowest BCUT2D eigenvalue weighted by Gasteiger charge is -2.01. The smallest absolute Gasteiger partial charge is 0.0924 e. The summed E-state index contributed by atoms with van der Waals surface area (Å²) in [5, 5.41) is 8.52. The first-order valence-corrected chi connectivity index (χ1v) is 5.11. The van der Waals surface area contributed by atoms with Crippen LogP contribution in [-0.4, -0.2) is 24.6 Å². The van der Waals surface area contributed by atoms with Gasteiger partial charge < -0.3 is 9.67 Å². The molecule has 0 aliphatic carbocycles. The molecule has 0 radical (unpaired) electrons. The largest absolute Gasteiger partial charge is 0.512 e. The van der Waals surface area contributed by atoms with Crippen LogP contribution in [0.15, 0.2) is 12.3 Å². The molecule has 0 atom stereocenters. The molecule has 1 N–H and O–H groups in total. The number of hydrogen-bond acceptors (Lipinski definition) is 2. The highest BCUT2D eigenvalue weighted by atomic mass is 31.2. The molecular formula is C5H11O2P. The van der Waals surface area contributed by atoms with Crippen molar-refractivity contribution < 1.29 is 9.67 Å². The van der Waals surface area contributed by atoms with Crippen molar-refractivity contribution in [2.45, 2.75) is 0 Å². The minimum absolute atomic E-state index is 0.0123. The molecule has 0 aromatic carbocycles. The summed E-state index contributed by atoms with van der Waals surface area (Å²) in [4.78, 5) is 0. The van der Waals surface area contributed by atoms with Crippen LogP contribution >= 0.6 is 7.14 Å². The Hall–Kier alpha value is -0.230. The fourth-order valence-corrected chi connectivity index (χ4v) is 1.32. The van der Waals surface area contributed by atoms with Crippen molar-refractivity contribution in [3.05, 3.63) is 12.3 Å². The Kier molecular flexibility index (Phi) is 2.29. The van der Waals surface area contributed by atoms with Crippen LogP contribution < -0.4 is 0 Å². The Bertz CT molecular complexity index is 133. The lowest BCUT2D eigenvalue weighted by Crippen LogP contribution is -1.87. The standard InChI is InChI=1S/C5H11O2P/c1-5(6)4-8(2,3)7/h6H,1,4H2,2-3H3. The molecular weight excluding hydrogens is 123 g/mol. The minimum atomic E-state index is -2.07. The maximum atomic E-state index is 10.8. The van der Waals surface area contributed by atoms with Gasteiger partial charge in [0.2, 0.25) is 0 Å². The van der Waals surface area contributed by atoms with Crippen LogP contribution in [0, 0.1) is 0 Å². The highest BCUT2D eigenvalue weighted by Crippen LogP contribution is 2.36. The van der Waals surface area contributed by atoms with Gasteiger partial charge in [-0.1, -0.05) is 6.58 Å². The van der Waals surface area contributed by atoms with Gasteiger partial charge in [0.25, 0.3) is 0 Å². The van der Waals surface area contributed by atoms with Gasteiger partial charge in [-0.05, 0) is 13.3 Å². The lowest BCUT2D eigenvalue weighted by molar-refractivity contribution is 0.417. The maximum absolute atomic E-state index is 10.8. The molecule has 0 fully saturated rings. The van der Waals surface area contributed by atoms with E-state index < -0.39 is 7.14 Å². The summed E-state index contributed by atoms with van der Waals surface area (Å²) >= 11 is 0. The normalized spacial score (nSPS) is 11.2. The van der Waals surface area contributed by atoms with E-state index in [0.717, 1.165) is 0 Å². The van der Waals surface area contributed by atoms with Crippen molar-refractivity contribution in [2.75, 3.05) is 19.5 Å². The van der Waals surface area contributed by atoms with E-state index in [1.54, 1.807) is 13.3 Å². The van der Waals surface area contributed by atoms with Gasteiger partial charge in [-0.3, -0.25) is 0 Å². The highest BCUT2D eigenvalue weighted by molar-refractivity contribution is 7.62. The van der Waals surface area contributed by atoms with Crippen LogP contribution in [-0.2, 0) is 4.57 Å². The van der Waals surface area contributed by atoms with Gasteiger partial charge in [0.05, 0.1) is 19.1 Å². The number of aliphatic hydroxyl groups is 1. The van der Waals surface area contributed by atoms with Gasteiger partial charge in [0.15, 0.2) is 0 Å². The van der Waals surface area contributed by atoms with Crippen LogP contribution in [0.5, 0.6) is 0 Å².